The minimum absolute atomic E-state index is 0.214. The van der Waals surface area contributed by atoms with E-state index >= 15 is 0 Å². The second kappa shape index (κ2) is 5.59. The van der Waals surface area contributed by atoms with Crippen molar-refractivity contribution in [2.75, 3.05) is 7.11 Å². The Morgan fingerprint density at radius 2 is 1.86 bits per heavy atom. The Bertz CT molecular complexity index is 412. The highest BCUT2D eigenvalue weighted by molar-refractivity contribution is 5.78. The van der Waals surface area contributed by atoms with Gasteiger partial charge in [-0.25, -0.2) is 0 Å². The molecule has 1 saturated carbocycles. The van der Waals surface area contributed by atoms with Gasteiger partial charge in [0.25, 0.3) is 0 Å². The Balaban J connectivity index is 1.62. The third-order valence-corrected chi connectivity index (χ3v) is 5.75. The van der Waals surface area contributed by atoms with Crippen molar-refractivity contribution < 1.29 is 19.4 Å². The predicted octanol–water partition coefficient (Wildman–Crippen LogP) is 2.19. The van der Waals surface area contributed by atoms with Crippen LogP contribution in [0, 0.1) is 5.92 Å². The lowest BCUT2D eigenvalue weighted by Gasteiger charge is -2.44. The first-order valence-electron chi connectivity index (χ1n) is 8.11. The quantitative estimate of drug-likeness (QED) is 0.844. The van der Waals surface area contributed by atoms with E-state index in [9.17, 15) is 9.59 Å². The zero-order valence-electron chi connectivity index (χ0n) is 12.7. The Kier molecular flexibility index (Phi) is 3.95. The highest BCUT2D eigenvalue weighted by Gasteiger charge is 2.47. The van der Waals surface area contributed by atoms with Gasteiger partial charge in [-0.2, -0.15) is 0 Å². The number of hydrogen-bond donors (Lipinski definition) is 1. The van der Waals surface area contributed by atoms with E-state index in [1.165, 1.54) is 0 Å². The summed E-state index contributed by atoms with van der Waals surface area (Å²) in [6.07, 6.45) is 7.65. The fourth-order valence-corrected chi connectivity index (χ4v) is 4.50. The van der Waals surface area contributed by atoms with Crippen LogP contribution in [0.15, 0.2) is 0 Å². The normalized spacial score (nSPS) is 33.6. The summed E-state index contributed by atoms with van der Waals surface area (Å²) in [4.78, 5) is 25.6. The number of carbonyl (C=O) groups excluding carboxylic acids is 1. The molecule has 0 radical (unpaired) electrons. The average molecular weight is 295 g/mol. The van der Waals surface area contributed by atoms with Gasteiger partial charge in [-0.05, 0) is 50.9 Å². The van der Waals surface area contributed by atoms with E-state index in [0.29, 0.717) is 6.42 Å². The molecule has 3 rings (SSSR count). The van der Waals surface area contributed by atoms with Crippen LogP contribution in [0.5, 0.6) is 0 Å². The molecule has 118 valence electrons. The van der Waals surface area contributed by atoms with E-state index in [4.69, 9.17) is 9.84 Å². The highest BCUT2D eigenvalue weighted by atomic mass is 16.5. The topological polar surface area (TPSA) is 66.8 Å². The zero-order valence-corrected chi connectivity index (χ0v) is 12.7. The summed E-state index contributed by atoms with van der Waals surface area (Å²) in [5, 5.41) is 8.96. The van der Waals surface area contributed by atoms with E-state index in [-0.39, 0.29) is 35.9 Å². The van der Waals surface area contributed by atoms with Gasteiger partial charge < -0.3 is 14.7 Å². The van der Waals surface area contributed by atoms with Crippen LogP contribution >= 0.6 is 0 Å². The molecule has 2 atom stereocenters. The van der Waals surface area contributed by atoms with Crippen molar-refractivity contribution in [2.24, 2.45) is 5.92 Å². The van der Waals surface area contributed by atoms with Gasteiger partial charge >= 0.3 is 5.97 Å². The van der Waals surface area contributed by atoms with E-state index in [2.05, 4.69) is 4.90 Å². The number of carbonyl (C=O) groups is 2. The minimum Gasteiger partial charge on any atom is -0.481 e. The van der Waals surface area contributed by atoms with Gasteiger partial charge in [-0.15, -0.1) is 0 Å². The van der Waals surface area contributed by atoms with Crippen molar-refractivity contribution in [3.8, 4) is 0 Å². The number of ether oxygens (including phenoxy) is 1. The third-order valence-electron chi connectivity index (χ3n) is 5.75. The van der Waals surface area contributed by atoms with Crippen molar-refractivity contribution in [2.45, 2.75) is 75.5 Å². The van der Waals surface area contributed by atoms with E-state index in [1.807, 2.05) is 0 Å². The predicted molar refractivity (Wildman–Crippen MR) is 76.8 cm³/mol. The summed E-state index contributed by atoms with van der Waals surface area (Å²) in [5.41, 5.74) is -0.214. The molecule has 0 spiro atoms. The van der Waals surface area contributed by atoms with Crippen LogP contribution in [-0.2, 0) is 14.3 Å². The van der Waals surface area contributed by atoms with Crippen molar-refractivity contribution >= 4 is 11.9 Å². The summed E-state index contributed by atoms with van der Waals surface area (Å²) < 4.78 is 5.57. The van der Waals surface area contributed by atoms with Crippen molar-refractivity contribution in [3.05, 3.63) is 0 Å². The van der Waals surface area contributed by atoms with Crippen LogP contribution in [0.25, 0.3) is 0 Å². The Morgan fingerprint density at radius 3 is 2.29 bits per heavy atom. The van der Waals surface area contributed by atoms with Crippen LogP contribution in [0.2, 0.25) is 0 Å². The molecule has 3 aliphatic rings. The number of amides is 1. The molecule has 2 heterocycles. The average Bonchev–Trinajstić information content (AvgIpc) is 2.65. The van der Waals surface area contributed by atoms with Gasteiger partial charge in [0.15, 0.2) is 0 Å². The molecule has 1 aliphatic carbocycles. The summed E-state index contributed by atoms with van der Waals surface area (Å²) in [5.74, 6) is -0.256. The van der Waals surface area contributed by atoms with Gasteiger partial charge in [0.1, 0.15) is 0 Å². The summed E-state index contributed by atoms with van der Waals surface area (Å²) in [6, 6.07) is 0.518. The maximum atomic E-state index is 12.7. The second-order valence-electron chi connectivity index (χ2n) is 7.04. The van der Waals surface area contributed by atoms with E-state index in [1.54, 1.807) is 7.11 Å². The first-order chi connectivity index (χ1) is 10.0. The molecule has 0 aromatic heterocycles. The molecule has 3 fully saturated rings. The van der Waals surface area contributed by atoms with Gasteiger partial charge in [0.2, 0.25) is 5.91 Å². The standard InChI is InChI=1S/C16H25NO4/c1-21-16(5-2-6-16)10-14(18)17-12-3-4-13(17)8-11(7-12)9-15(19)20/h11-13H,2-10H2,1H3,(H,19,20). The zero-order chi connectivity index (χ0) is 15.0. The molecule has 1 amide bonds. The molecule has 1 N–H and O–H groups in total. The van der Waals surface area contributed by atoms with Crippen LogP contribution < -0.4 is 0 Å². The van der Waals surface area contributed by atoms with Gasteiger partial charge in [0, 0.05) is 25.6 Å². The number of fused-ring (bicyclic) bond motifs is 2. The number of hydrogen-bond acceptors (Lipinski definition) is 3. The summed E-state index contributed by atoms with van der Waals surface area (Å²) >= 11 is 0. The van der Waals surface area contributed by atoms with Crippen LogP contribution in [0.3, 0.4) is 0 Å². The number of nitrogens with zero attached hydrogens (tertiary/aromatic N) is 1. The molecule has 2 unspecified atom stereocenters. The molecule has 0 aromatic rings. The molecule has 2 bridgehead atoms. The number of carboxylic acids is 1. The number of piperidine rings is 1. The van der Waals surface area contributed by atoms with E-state index < -0.39 is 5.97 Å². The first kappa shape index (κ1) is 14.8. The fraction of sp³-hybridized carbons (Fsp3) is 0.875. The monoisotopic (exact) mass is 295 g/mol. The maximum absolute atomic E-state index is 12.7. The van der Waals surface area contributed by atoms with E-state index in [0.717, 1.165) is 44.9 Å². The Hall–Kier alpha value is -1.10. The lowest BCUT2D eigenvalue weighted by Crippen LogP contribution is -2.51. The minimum atomic E-state index is -0.716. The lowest BCUT2D eigenvalue weighted by molar-refractivity contribution is -0.149. The molecule has 0 aromatic carbocycles. The summed E-state index contributed by atoms with van der Waals surface area (Å²) in [7, 11) is 1.71. The highest BCUT2D eigenvalue weighted by Crippen LogP contribution is 2.43. The molecular weight excluding hydrogens is 270 g/mol. The number of carboxylic acid groups (broad SMARTS) is 1. The fourth-order valence-electron chi connectivity index (χ4n) is 4.50. The Labute approximate surface area is 125 Å². The molecule has 2 aliphatic heterocycles. The van der Waals surface area contributed by atoms with Crippen LogP contribution in [-0.4, -0.2) is 46.7 Å². The molecule has 5 heteroatoms. The van der Waals surface area contributed by atoms with Gasteiger partial charge in [-0.3, -0.25) is 9.59 Å². The molecule has 5 nitrogen and oxygen atoms in total. The van der Waals surface area contributed by atoms with Crippen LogP contribution in [0.1, 0.15) is 57.8 Å². The smallest absolute Gasteiger partial charge is 0.303 e. The van der Waals surface area contributed by atoms with Gasteiger partial charge in [0.05, 0.1) is 12.0 Å². The van der Waals surface area contributed by atoms with Gasteiger partial charge in [-0.1, -0.05) is 0 Å². The van der Waals surface area contributed by atoms with Crippen molar-refractivity contribution in [3.63, 3.8) is 0 Å². The Morgan fingerprint density at radius 1 is 1.24 bits per heavy atom. The summed E-state index contributed by atoms with van der Waals surface area (Å²) in [6.45, 7) is 0. The number of methoxy groups -OCH3 is 1. The largest absolute Gasteiger partial charge is 0.481 e. The number of aliphatic carboxylic acids is 1. The SMILES string of the molecule is COC1(CC(=O)N2C3CCC2CC(CC(=O)O)C3)CCC1. The van der Waals surface area contributed by atoms with Crippen molar-refractivity contribution in [1.82, 2.24) is 4.90 Å². The third kappa shape index (κ3) is 2.80. The van der Waals surface area contributed by atoms with Crippen LogP contribution in [0.4, 0.5) is 0 Å². The van der Waals surface area contributed by atoms with Crippen molar-refractivity contribution in [1.29, 1.82) is 0 Å². The lowest BCUT2D eigenvalue weighted by atomic mass is 9.77. The first-order valence-corrected chi connectivity index (χ1v) is 8.11. The second-order valence-corrected chi connectivity index (χ2v) is 7.04. The maximum Gasteiger partial charge on any atom is 0.303 e. The number of rotatable bonds is 5. The molecule has 21 heavy (non-hydrogen) atoms. The molecular formula is C16H25NO4. The molecule has 2 saturated heterocycles.